The molecule has 0 amide bonds. The quantitative estimate of drug-likeness (QED) is 0.501. The maximum absolute atomic E-state index is 0. The number of hydrogen-bond donors (Lipinski definition) is 0. The normalized spacial score (nSPS) is 0. The molecule has 0 bridgehead atoms. The third kappa shape index (κ3) is 9.55. The summed E-state index contributed by atoms with van der Waals surface area (Å²) in [4.78, 5) is 0. The first-order valence-corrected chi connectivity index (χ1v) is 0. The Hall–Kier alpha value is 4.27. The van der Waals surface area contributed by atoms with E-state index < -0.39 is 0 Å². The summed E-state index contributed by atoms with van der Waals surface area (Å²) in [5.41, 5.74) is 0. The molecule has 0 unspecified atom stereocenters. The van der Waals surface area contributed by atoms with Crippen LogP contribution in [0.4, 0.5) is 0 Å². The van der Waals surface area contributed by atoms with Gasteiger partial charge in [0, 0.05) is 91.2 Å². The third-order valence-electron chi connectivity index (χ3n) is 0. The van der Waals surface area contributed by atoms with Crippen LogP contribution in [0.2, 0.25) is 0 Å². The molecule has 0 spiro atoms. The monoisotopic (exact) mass is 340 g/mol. The summed E-state index contributed by atoms with van der Waals surface area (Å²) in [6, 6.07) is 0. The molecule has 0 aromatic carbocycles. The van der Waals surface area contributed by atoms with E-state index in [0.29, 0.717) is 0 Å². The SMILES string of the molecule is [CaH2].[Gd].[V].[Y]. The Bertz CT molecular complexity index is 8.00. The van der Waals surface area contributed by atoms with E-state index in [0.717, 1.165) is 0 Å². The van der Waals surface area contributed by atoms with E-state index in [4.69, 9.17) is 0 Å². The Morgan fingerprint density at radius 2 is 1.00 bits per heavy atom. The molecule has 20 valence electrons. The average Bonchev–Trinajstić information content (AvgIpc) is 0. The zero-order chi connectivity index (χ0) is 0. The maximum Gasteiger partial charge on any atom is 0 e. The van der Waals surface area contributed by atoms with Crippen molar-refractivity contribution in [2.45, 2.75) is 0 Å². The molecule has 0 heterocycles. The molecule has 0 nitrogen and oxygen atoms in total. The molecule has 0 atom stereocenters. The minimum absolute atomic E-state index is 0. The van der Waals surface area contributed by atoms with Gasteiger partial charge in [-0.3, -0.25) is 0 Å². The zero-order valence-electron chi connectivity index (χ0n) is 1.38. The van der Waals surface area contributed by atoms with Gasteiger partial charge in [0.05, 0.1) is 0 Å². The molecule has 0 aliphatic heterocycles. The van der Waals surface area contributed by atoms with E-state index in [1.165, 1.54) is 0 Å². The van der Waals surface area contributed by atoms with Crippen LogP contribution in [0.5, 0.6) is 0 Å². The minimum Gasteiger partial charge on any atom is 0 e. The molecule has 0 aromatic heterocycles. The summed E-state index contributed by atoms with van der Waals surface area (Å²) in [5, 5.41) is 0. The summed E-state index contributed by atoms with van der Waals surface area (Å²) in [7, 11) is 0. The molecule has 4 heteroatoms. The fraction of sp³-hybridized carbons (Fsp3) is 0. The Labute approximate surface area is 125 Å². The van der Waals surface area contributed by atoms with Crippen molar-refractivity contribution in [1.29, 1.82) is 0 Å². The van der Waals surface area contributed by atoms with Crippen LogP contribution >= 0.6 is 0 Å². The van der Waals surface area contributed by atoms with E-state index in [1.54, 1.807) is 0 Å². The van der Waals surface area contributed by atoms with Crippen LogP contribution in [0.15, 0.2) is 0 Å². The summed E-state index contributed by atoms with van der Waals surface area (Å²) in [5.74, 6) is 0. The van der Waals surface area contributed by atoms with Crippen LogP contribution in [0.25, 0.3) is 0 Å². The van der Waals surface area contributed by atoms with Crippen molar-refractivity contribution in [1.82, 2.24) is 0 Å². The van der Waals surface area contributed by atoms with Gasteiger partial charge in [0.15, 0.2) is 0 Å². The molecule has 0 N–H and O–H groups in total. The van der Waals surface area contributed by atoms with E-state index in [1.807, 2.05) is 0 Å². The van der Waals surface area contributed by atoms with Crippen LogP contribution in [0.3, 0.4) is 0 Å². The van der Waals surface area contributed by atoms with Gasteiger partial charge in [0.2, 0.25) is 0 Å². The molecule has 4 heavy (non-hydrogen) atoms. The molecule has 0 saturated carbocycles. The largest absolute Gasteiger partial charge is 0 e. The van der Waals surface area contributed by atoms with Gasteiger partial charge in [0.25, 0.3) is 0 Å². The van der Waals surface area contributed by atoms with Crippen LogP contribution < -0.4 is 0 Å². The standard InChI is InChI=1S/Ca.Gd.V.Y.2H. The summed E-state index contributed by atoms with van der Waals surface area (Å²) < 4.78 is 0. The Morgan fingerprint density at radius 1 is 1.00 bits per heavy atom. The summed E-state index contributed by atoms with van der Waals surface area (Å²) >= 11 is 0. The first-order valence-electron chi connectivity index (χ1n) is 0. The summed E-state index contributed by atoms with van der Waals surface area (Å²) in [6.07, 6.45) is 0. The van der Waals surface area contributed by atoms with Crippen LogP contribution in [-0.2, 0) is 51.3 Å². The molecule has 0 aliphatic carbocycles. The fourth-order valence-corrected chi connectivity index (χ4v) is 0. The predicted octanol–water partition coefficient (Wildman–Crippen LogP) is -0.921. The van der Waals surface area contributed by atoms with Gasteiger partial charge in [-0.15, -0.1) is 0 Å². The van der Waals surface area contributed by atoms with E-state index in [9.17, 15) is 0 Å². The van der Waals surface area contributed by atoms with Crippen molar-refractivity contribution >= 4 is 37.7 Å². The van der Waals surface area contributed by atoms with Crippen LogP contribution in [0.1, 0.15) is 0 Å². The fourth-order valence-electron chi connectivity index (χ4n) is 0. The number of hydrogen-bond acceptors (Lipinski definition) is 0. The Balaban J connectivity index is 0. The van der Waals surface area contributed by atoms with Crippen molar-refractivity contribution < 1.29 is 91.2 Å². The van der Waals surface area contributed by atoms with E-state index >= 15 is 0 Å². The van der Waals surface area contributed by atoms with Crippen molar-refractivity contribution in [3.05, 3.63) is 0 Å². The molecule has 0 saturated heterocycles. The van der Waals surface area contributed by atoms with Crippen LogP contribution in [-0.4, -0.2) is 37.7 Å². The first-order chi connectivity index (χ1) is 0. The minimum atomic E-state index is 0. The molecular weight excluding hydrogens is 337 g/mol. The topological polar surface area (TPSA) is 0 Å². The van der Waals surface area contributed by atoms with Gasteiger partial charge in [-0.1, -0.05) is 0 Å². The second-order valence-electron chi connectivity index (χ2n) is 0. The molecule has 0 aromatic rings. The number of rotatable bonds is 0. The van der Waals surface area contributed by atoms with Crippen molar-refractivity contribution in [2.75, 3.05) is 0 Å². The molecule has 2 radical (unpaired) electrons. The van der Waals surface area contributed by atoms with Gasteiger partial charge in [-0.25, -0.2) is 0 Å². The van der Waals surface area contributed by atoms with Crippen LogP contribution in [0, 0.1) is 39.9 Å². The Morgan fingerprint density at radius 3 is 1.00 bits per heavy atom. The second-order valence-corrected chi connectivity index (χ2v) is 0. The third-order valence-corrected chi connectivity index (χ3v) is 0. The predicted molar refractivity (Wildman–Crippen MR) is 8.54 cm³/mol. The van der Waals surface area contributed by atoms with Crippen molar-refractivity contribution in [3.63, 3.8) is 0 Å². The van der Waals surface area contributed by atoms with Gasteiger partial charge in [-0.05, 0) is 0 Å². The smallest absolute Gasteiger partial charge is 0 e. The summed E-state index contributed by atoms with van der Waals surface area (Å²) in [6.45, 7) is 0. The van der Waals surface area contributed by atoms with Gasteiger partial charge >= 0.3 is 37.7 Å². The second kappa shape index (κ2) is 15.7. The molecular formula is H2CaGdVY. The molecule has 0 fully saturated rings. The van der Waals surface area contributed by atoms with Crippen molar-refractivity contribution in [2.24, 2.45) is 0 Å². The van der Waals surface area contributed by atoms with E-state index in [-0.39, 0.29) is 129 Å². The van der Waals surface area contributed by atoms with E-state index in [2.05, 4.69) is 0 Å². The van der Waals surface area contributed by atoms with Gasteiger partial charge < -0.3 is 0 Å². The average molecular weight is 339 g/mol. The zero-order valence-corrected chi connectivity index (χ0v) is 7.88. The first kappa shape index (κ1) is 24.0. The van der Waals surface area contributed by atoms with Gasteiger partial charge in [0.1, 0.15) is 0 Å². The van der Waals surface area contributed by atoms with Gasteiger partial charge in [-0.2, -0.15) is 0 Å². The molecule has 0 aliphatic rings. The Kier molecular flexibility index (Phi) is 93.9. The van der Waals surface area contributed by atoms with Crippen molar-refractivity contribution in [3.8, 4) is 0 Å². The maximum atomic E-state index is 0. The molecule has 0 rings (SSSR count).